The fraction of sp³-hybridized carbons (Fsp3) is 0.438. The van der Waals surface area contributed by atoms with E-state index in [9.17, 15) is 0 Å². The molecule has 0 bridgehead atoms. The molecule has 1 aromatic heterocycles. The Morgan fingerprint density at radius 1 is 1.11 bits per heavy atom. The molecule has 94 valence electrons. The zero-order valence-electron chi connectivity index (χ0n) is 10.9. The molecule has 0 spiro atoms. The van der Waals surface area contributed by atoms with Gasteiger partial charge in [0.25, 0.3) is 0 Å². The summed E-state index contributed by atoms with van der Waals surface area (Å²) in [5, 5.41) is 6.20. The van der Waals surface area contributed by atoms with Crippen LogP contribution >= 0.6 is 0 Å². The van der Waals surface area contributed by atoms with Crippen LogP contribution in [0.5, 0.6) is 0 Å². The van der Waals surface area contributed by atoms with E-state index in [1.54, 1.807) is 0 Å². The van der Waals surface area contributed by atoms with E-state index in [0.29, 0.717) is 6.04 Å². The summed E-state index contributed by atoms with van der Waals surface area (Å²) in [7, 11) is 0. The first-order chi connectivity index (χ1) is 8.83. The average molecular weight is 240 g/mol. The molecule has 1 heterocycles. The molecule has 1 saturated carbocycles. The Hall–Kier alpha value is -1.57. The van der Waals surface area contributed by atoms with Gasteiger partial charge in [0.15, 0.2) is 0 Å². The lowest BCUT2D eigenvalue weighted by Gasteiger charge is -2.28. The highest BCUT2D eigenvalue weighted by molar-refractivity contribution is 5.93. The summed E-state index contributed by atoms with van der Waals surface area (Å²) >= 11 is 0. The zero-order chi connectivity index (χ0) is 12.4. The van der Waals surface area contributed by atoms with Crippen molar-refractivity contribution in [1.29, 1.82) is 0 Å². The molecule has 0 atom stereocenters. The summed E-state index contributed by atoms with van der Waals surface area (Å²) in [6, 6.07) is 9.14. The first-order valence-electron chi connectivity index (χ1n) is 6.92. The van der Waals surface area contributed by atoms with Crippen molar-refractivity contribution in [3.8, 4) is 0 Å². The van der Waals surface area contributed by atoms with Crippen LogP contribution in [0.1, 0.15) is 32.6 Å². The SMILES string of the molecule is CC1CCC(Nc2cccc3ccncc23)CC1. The van der Waals surface area contributed by atoms with Crippen LogP contribution in [0.15, 0.2) is 36.7 Å². The van der Waals surface area contributed by atoms with Crippen molar-refractivity contribution in [3.05, 3.63) is 36.7 Å². The molecule has 2 aromatic rings. The third kappa shape index (κ3) is 2.33. The second kappa shape index (κ2) is 4.97. The minimum absolute atomic E-state index is 0.631. The van der Waals surface area contributed by atoms with E-state index >= 15 is 0 Å². The summed E-state index contributed by atoms with van der Waals surface area (Å²) in [6.07, 6.45) is 9.09. The van der Waals surface area contributed by atoms with Crippen LogP contribution in [-0.4, -0.2) is 11.0 Å². The standard InChI is InChI=1S/C16H20N2/c1-12-5-7-14(8-6-12)18-16-4-2-3-13-9-10-17-11-15(13)16/h2-4,9-12,14,18H,5-8H2,1H3. The van der Waals surface area contributed by atoms with E-state index in [1.165, 1.54) is 42.1 Å². The second-order valence-electron chi connectivity index (χ2n) is 5.50. The zero-order valence-corrected chi connectivity index (χ0v) is 10.9. The molecule has 0 unspecified atom stereocenters. The van der Waals surface area contributed by atoms with E-state index < -0.39 is 0 Å². The predicted molar refractivity (Wildman–Crippen MR) is 76.8 cm³/mol. The molecule has 2 heteroatoms. The molecule has 2 nitrogen and oxygen atoms in total. The lowest BCUT2D eigenvalue weighted by atomic mass is 9.87. The lowest BCUT2D eigenvalue weighted by molar-refractivity contribution is 0.361. The van der Waals surface area contributed by atoms with Crippen molar-refractivity contribution in [3.63, 3.8) is 0 Å². The molecule has 0 saturated heterocycles. The van der Waals surface area contributed by atoms with Gasteiger partial charge < -0.3 is 5.32 Å². The van der Waals surface area contributed by atoms with E-state index in [0.717, 1.165) is 5.92 Å². The Morgan fingerprint density at radius 3 is 2.78 bits per heavy atom. The Bertz CT molecular complexity index is 522. The Balaban J connectivity index is 1.82. The lowest BCUT2D eigenvalue weighted by Crippen LogP contribution is -2.25. The number of fused-ring (bicyclic) bond motifs is 1. The molecule has 0 radical (unpaired) electrons. The first-order valence-corrected chi connectivity index (χ1v) is 6.92. The van der Waals surface area contributed by atoms with Gasteiger partial charge in [-0.05, 0) is 49.1 Å². The molecule has 18 heavy (non-hydrogen) atoms. The van der Waals surface area contributed by atoms with E-state index in [-0.39, 0.29) is 0 Å². The molecular weight excluding hydrogens is 220 g/mol. The number of pyridine rings is 1. The van der Waals surface area contributed by atoms with Crippen LogP contribution < -0.4 is 5.32 Å². The van der Waals surface area contributed by atoms with E-state index in [4.69, 9.17) is 0 Å². The van der Waals surface area contributed by atoms with Gasteiger partial charge in [0, 0.05) is 29.5 Å². The Kier molecular flexibility index (Phi) is 3.18. The summed E-state index contributed by atoms with van der Waals surface area (Å²) in [5.74, 6) is 0.900. The van der Waals surface area contributed by atoms with Gasteiger partial charge in [-0.15, -0.1) is 0 Å². The van der Waals surface area contributed by atoms with Crippen molar-refractivity contribution in [2.24, 2.45) is 5.92 Å². The summed E-state index contributed by atoms with van der Waals surface area (Å²) in [4.78, 5) is 4.24. The number of benzene rings is 1. The molecular formula is C16H20N2. The topological polar surface area (TPSA) is 24.9 Å². The van der Waals surface area contributed by atoms with Gasteiger partial charge in [-0.3, -0.25) is 4.98 Å². The van der Waals surface area contributed by atoms with Gasteiger partial charge in [0.1, 0.15) is 0 Å². The van der Waals surface area contributed by atoms with Crippen LogP contribution in [0.3, 0.4) is 0 Å². The van der Waals surface area contributed by atoms with Crippen LogP contribution in [0, 0.1) is 5.92 Å². The molecule has 1 aliphatic rings. The van der Waals surface area contributed by atoms with Gasteiger partial charge in [0.05, 0.1) is 0 Å². The van der Waals surface area contributed by atoms with Crippen molar-refractivity contribution in [1.82, 2.24) is 4.98 Å². The Labute approximate surface area is 108 Å². The molecule has 1 aliphatic carbocycles. The molecule has 3 rings (SSSR count). The van der Waals surface area contributed by atoms with Gasteiger partial charge >= 0.3 is 0 Å². The number of hydrogen-bond acceptors (Lipinski definition) is 2. The number of rotatable bonds is 2. The van der Waals surface area contributed by atoms with Crippen LogP contribution in [-0.2, 0) is 0 Å². The second-order valence-corrected chi connectivity index (χ2v) is 5.50. The van der Waals surface area contributed by atoms with Gasteiger partial charge in [0.2, 0.25) is 0 Å². The highest BCUT2D eigenvalue weighted by Crippen LogP contribution is 2.28. The third-order valence-electron chi connectivity index (χ3n) is 4.06. The normalized spacial score (nSPS) is 24.1. The number of aromatic nitrogens is 1. The average Bonchev–Trinajstić information content (AvgIpc) is 2.42. The smallest absolute Gasteiger partial charge is 0.0437 e. The highest BCUT2D eigenvalue weighted by atomic mass is 14.9. The summed E-state index contributed by atoms with van der Waals surface area (Å²) in [5.41, 5.74) is 1.24. The number of anilines is 1. The van der Waals surface area contributed by atoms with E-state index in [2.05, 4.69) is 41.5 Å². The summed E-state index contributed by atoms with van der Waals surface area (Å²) < 4.78 is 0. The van der Waals surface area contributed by atoms with Crippen LogP contribution in [0.2, 0.25) is 0 Å². The minimum atomic E-state index is 0.631. The minimum Gasteiger partial charge on any atom is -0.382 e. The van der Waals surface area contributed by atoms with Crippen molar-refractivity contribution in [2.75, 3.05) is 5.32 Å². The predicted octanol–water partition coefficient (Wildman–Crippen LogP) is 4.23. The maximum Gasteiger partial charge on any atom is 0.0437 e. The molecule has 1 aromatic carbocycles. The van der Waals surface area contributed by atoms with E-state index in [1.807, 2.05) is 12.4 Å². The highest BCUT2D eigenvalue weighted by Gasteiger charge is 2.18. The molecule has 1 fully saturated rings. The monoisotopic (exact) mass is 240 g/mol. The molecule has 1 N–H and O–H groups in total. The van der Waals surface area contributed by atoms with Gasteiger partial charge in [-0.1, -0.05) is 19.1 Å². The van der Waals surface area contributed by atoms with Gasteiger partial charge in [-0.2, -0.15) is 0 Å². The van der Waals surface area contributed by atoms with Crippen molar-refractivity contribution < 1.29 is 0 Å². The number of nitrogens with zero attached hydrogens (tertiary/aromatic N) is 1. The fourth-order valence-corrected chi connectivity index (χ4v) is 2.86. The number of hydrogen-bond donors (Lipinski definition) is 1. The summed E-state index contributed by atoms with van der Waals surface area (Å²) in [6.45, 7) is 2.36. The van der Waals surface area contributed by atoms with Gasteiger partial charge in [-0.25, -0.2) is 0 Å². The fourth-order valence-electron chi connectivity index (χ4n) is 2.86. The van der Waals surface area contributed by atoms with Crippen LogP contribution in [0.4, 0.5) is 5.69 Å². The van der Waals surface area contributed by atoms with Crippen molar-refractivity contribution >= 4 is 16.5 Å². The maximum atomic E-state index is 4.24. The van der Waals surface area contributed by atoms with Crippen molar-refractivity contribution in [2.45, 2.75) is 38.6 Å². The molecule has 0 aliphatic heterocycles. The quantitative estimate of drug-likeness (QED) is 0.850. The third-order valence-corrected chi connectivity index (χ3v) is 4.06. The largest absolute Gasteiger partial charge is 0.382 e. The first kappa shape index (κ1) is 11.5. The number of nitrogens with one attached hydrogen (secondary N) is 1. The molecule has 0 amide bonds. The van der Waals surface area contributed by atoms with Crippen LogP contribution in [0.25, 0.3) is 10.8 Å². The maximum absolute atomic E-state index is 4.24. The Morgan fingerprint density at radius 2 is 1.94 bits per heavy atom.